The number of aromatic nitrogens is 1. The molecule has 0 N–H and O–H groups in total. The number of hydrogen-bond acceptors (Lipinski definition) is 2. The number of rotatable bonds is 0. The summed E-state index contributed by atoms with van der Waals surface area (Å²) in [4.78, 5) is 14.4. The topological polar surface area (TPSA) is 43.6 Å². The smallest absolute Gasteiger partial charge is 0.435 e. The van der Waals surface area contributed by atoms with Gasteiger partial charge in [0.2, 0.25) is 0 Å². The van der Waals surface area contributed by atoms with E-state index in [0.29, 0.717) is 5.49 Å². The molecule has 4 nitrogen and oxygen atoms in total. The number of amides is 1. The molecule has 12 heavy (non-hydrogen) atoms. The first-order chi connectivity index (χ1) is 5.74. The van der Waals surface area contributed by atoms with Gasteiger partial charge >= 0.3 is 6.09 Å². The van der Waals surface area contributed by atoms with E-state index in [-0.39, 0.29) is 0 Å². The Morgan fingerprint density at radius 3 is 2.92 bits per heavy atom. The molecule has 1 rings (SSSR count). The summed E-state index contributed by atoms with van der Waals surface area (Å²) in [5, 5.41) is 0. The number of ether oxygens (including phenoxy) is 1. The third-order valence-corrected chi connectivity index (χ3v) is 1.41. The van der Waals surface area contributed by atoms with E-state index in [1.807, 2.05) is 25.4 Å². The molecule has 0 saturated carbocycles. The molecule has 4 heteroatoms. The van der Waals surface area contributed by atoms with Crippen molar-refractivity contribution in [2.24, 2.45) is 12.0 Å². The summed E-state index contributed by atoms with van der Waals surface area (Å²) in [6.07, 6.45) is 1.22. The van der Waals surface area contributed by atoms with Crippen LogP contribution in [0.2, 0.25) is 0 Å². The molecule has 64 valence electrons. The highest BCUT2D eigenvalue weighted by atomic mass is 16.5. The molecule has 1 amide bonds. The molecule has 1 aromatic rings. The van der Waals surface area contributed by atoms with Crippen LogP contribution in [0.5, 0.6) is 0 Å². The van der Waals surface area contributed by atoms with Gasteiger partial charge in [0.05, 0.1) is 7.11 Å². The van der Waals surface area contributed by atoms with Gasteiger partial charge in [0.15, 0.2) is 0 Å². The van der Waals surface area contributed by atoms with E-state index in [1.54, 1.807) is 10.6 Å². The quantitative estimate of drug-likeness (QED) is 0.569. The Morgan fingerprint density at radius 1 is 1.58 bits per heavy atom. The van der Waals surface area contributed by atoms with E-state index in [2.05, 4.69) is 9.73 Å². The number of aryl methyl sites for hydroxylation is 1. The summed E-state index contributed by atoms with van der Waals surface area (Å²) in [6.45, 7) is 0. The highest BCUT2D eigenvalue weighted by Gasteiger charge is 1.93. The first-order valence-electron chi connectivity index (χ1n) is 3.48. The minimum Gasteiger partial charge on any atom is -0.451 e. The van der Waals surface area contributed by atoms with Crippen molar-refractivity contribution in [1.82, 2.24) is 4.57 Å². The van der Waals surface area contributed by atoms with Crippen LogP contribution in [0.1, 0.15) is 0 Å². The Labute approximate surface area is 70.1 Å². The molecular weight excluding hydrogens is 156 g/mol. The second-order valence-electron chi connectivity index (χ2n) is 2.25. The second-order valence-corrected chi connectivity index (χ2v) is 2.25. The maximum atomic E-state index is 10.7. The van der Waals surface area contributed by atoms with Gasteiger partial charge in [-0.05, 0) is 12.1 Å². The average molecular weight is 166 g/mol. The summed E-state index contributed by atoms with van der Waals surface area (Å²) >= 11 is 0. The predicted octanol–water partition coefficient (Wildman–Crippen LogP) is 0.692. The maximum Gasteiger partial charge on any atom is 0.435 e. The van der Waals surface area contributed by atoms with Gasteiger partial charge in [0.1, 0.15) is 5.49 Å². The number of methoxy groups -OCH3 is 1. The van der Waals surface area contributed by atoms with Crippen LogP contribution in [0, 0.1) is 0 Å². The fourth-order valence-corrected chi connectivity index (χ4v) is 0.770. The van der Waals surface area contributed by atoms with Crippen molar-refractivity contribution in [3.8, 4) is 0 Å². The molecule has 0 spiro atoms. The lowest BCUT2D eigenvalue weighted by molar-refractivity contribution is 0.181. The Bertz CT molecular complexity index is 341. The van der Waals surface area contributed by atoms with Crippen LogP contribution in [-0.4, -0.2) is 17.8 Å². The number of hydrogen-bond donors (Lipinski definition) is 0. The van der Waals surface area contributed by atoms with E-state index >= 15 is 0 Å². The number of carbonyl (C=O) groups excluding carboxylic acids is 1. The van der Waals surface area contributed by atoms with E-state index in [0.717, 1.165) is 0 Å². The van der Waals surface area contributed by atoms with Crippen LogP contribution in [0.4, 0.5) is 4.79 Å². The molecule has 1 aromatic heterocycles. The summed E-state index contributed by atoms with van der Waals surface area (Å²) in [5.41, 5.74) is 0.573. The van der Waals surface area contributed by atoms with Crippen LogP contribution in [0.15, 0.2) is 29.4 Å². The van der Waals surface area contributed by atoms with Gasteiger partial charge in [-0.2, -0.15) is 4.99 Å². The minimum atomic E-state index is -0.586. The third-order valence-electron chi connectivity index (χ3n) is 1.41. The zero-order valence-electron chi connectivity index (χ0n) is 7.02. The van der Waals surface area contributed by atoms with Crippen molar-refractivity contribution in [3.63, 3.8) is 0 Å². The standard InChI is InChI=1S/C8H10N2O2/c1-10-6-4-3-5-7(10)9-8(11)12-2/h3-6H,1-2H3. The van der Waals surface area contributed by atoms with Crippen molar-refractivity contribution >= 4 is 6.09 Å². The first kappa shape index (κ1) is 8.52. The summed E-state index contributed by atoms with van der Waals surface area (Å²) in [6, 6.07) is 5.40. The molecule has 1 heterocycles. The Kier molecular flexibility index (Phi) is 2.63. The monoisotopic (exact) mass is 166 g/mol. The van der Waals surface area contributed by atoms with Gasteiger partial charge < -0.3 is 9.30 Å². The van der Waals surface area contributed by atoms with Gasteiger partial charge in [-0.15, -0.1) is 0 Å². The van der Waals surface area contributed by atoms with Gasteiger partial charge in [-0.1, -0.05) is 6.07 Å². The molecule has 0 saturated heterocycles. The van der Waals surface area contributed by atoms with Crippen molar-refractivity contribution in [3.05, 3.63) is 29.9 Å². The van der Waals surface area contributed by atoms with E-state index < -0.39 is 6.09 Å². The highest BCUT2D eigenvalue weighted by Crippen LogP contribution is 1.80. The van der Waals surface area contributed by atoms with E-state index in [1.165, 1.54) is 7.11 Å². The third kappa shape index (κ3) is 1.95. The Balaban J connectivity index is 3.10. The maximum absolute atomic E-state index is 10.7. The molecule has 0 radical (unpaired) electrons. The number of nitrogens with zero attached hydrogens (tertiary/aromatic N) is 2. The zero-order chi connectivity index (χ0) is 8.97. The molecule has 0 bridgehead atoms. The van der Waals surface area contributed by atoms with E-state index in [4.69, 9.17) is 0 Å². The van der Waals surface area contributed by atoms with Crippen molar-refractivity contribution in [1.29, 1.82) is 0 Å². The lowest BCUT2D eigenvalue weighted by Crippen LogP contribution is -2.18. The lowest BCUT2D eigenvalue weighted by atomic mass is 10.5. The average Bonchev–Trinajstić information content (AvgIpc) is 2.09. The van der Waals surface area contributed by atoms with Crippen LogP contribution >= 0.6 is 0 Å². The van der Waals surface area contributed by atoms with Crippen LogP contribution in [0.25, 0.3) is 0 Å². The molecule has 0 aliphatic heterocycles. The van der Waals surface area contributed by atoms with Crippen LogP contribution in [0.3, 0.4) is 0 Å². The summed E-state index contributed by atoms with van der Waals surface area (Å²) in [7, 11) is 3.11. The number of pyridine rings is 1. The Hall–Kier alpha value is -1.58. The predicted molar refractivity (Wildman–Crippen MR) is 43.4 cm³/mol. The molecule has 0 aromatic carbocycles. The fourth-order valence-electron chi connectivity index (χ4n) is 0.770. The molecule has 0 aliphatic rings. The fraction of sp³-hybridized carbons (Fsp3) is 0.250. The van der Waals surface area contributed by atoms with Crippen molar-refractivity contribution in [2.75, 3.05) is 7.11 Å². The van der Waals surface area contributed by atoms with Gasteiger partial charge in [-0.25, -0.2) is 4.79 Å². The molecular formula is C8H10N2O2. The van der Waals surface area contributed by atoms with Crippen molar-refractivity contribution in [2.45, 2.75) is 0 Å². The van der Waals surface area contributed by atoms with Gasteiger partial charge in [0.25, 0.3) is 0 Å². The molecule has 0 atom stereocenters. The highest BCUT2D eigenvalue weighted by molar-refractivity contribution is 5.67. The summed E-state index contributed by atoms with van der Waals surface area (Å²) < 4.78 is 6.12. The van der Waals surface area contributed by atoms with E-state index in [9.17, 15) is 4.79 Å². The number of carbonyl (C=O) groups is 1. The molecule has 0 unspecified atom stereocenters. The second kappa shape index (κ2) is 3.71. The van der Waals surface area contributed by atoms with Gasteiger partial charge in [0, 0.05) is 13.2 Å². The molecule has 0 fully saturated rings. The van der Waals surface area contributed by atoms with Crippen LogP contribution < -0.4 is 5.49 Å². The first-order valence-corrected chi connectivity index (χ1v) is 3.48. The van der Waals surface area contributed by atoms with Crippen molar-refractivity contribution < 1.29 is 9.53 Å². The van der Waals surface area contributed by atoms with Crippen LogP contribution in [-0.2, 0) is 11.8 Å². The minimum absolute atomic E-state index is 0.573. The normalized spacial score (nSPS) is 11.3. The lowest BCUT2D eigenvalue weighted by Gasteiger charge is -1.96. The SMILES string of the molecule is COC(=O)N=c1ccccn1C. The Morgan fingerprint density at radius 2 is 2.33 bits per heavy atom. The zero-order valence-corrected chi connectivity index (χ0v) is 7.02. The molecule has 0 aliphatic carbocycles. The largest absolute Gasteiger partial charge is 0.451 e. The summed E-state index contributed by atoms with van der Waals surface area (Å²) in [5.74, 6) is 0. The van der Waals surface area contributed by atoms with Gasteiger partial charge in [-0.3, -0.25) is 0 Å².